The van der Waals surface area contributed by atoms with E-state index in [0.29, 0.717) is 29.3 Å². The number of likely N-dealkylation sites (tertiary alicyclic amines) is 1. The normalized spacial score (nSPS) is 13.9. The first-order valence-electron chi connectivity index (χ1n) is 15.9. The molecule has 0 radical (unpaired) electrons. The Morgan fingerprint density at radius 2 is 1.53 bits per heavy atom. The molecular formula is C37H46N4O2. The Kier molecular flexibility index (Phi) is 11.9. The van der Waals surface area contributed by atoms with E-state index in [1.807, 2.05) is 36.4 Å². The van der Waals surface area contributed by atoms with Crippen molar-refractivity contribution in [1.29, 1.82) is 5.26 Å². The molecule has 1 heterocycles. The van der Waals surface area contributed by atoms with Gasteiger partial charge >= 0.3 is 0 Å². The molecule has 1 aliphatic heterocycles. The molecular weight excluding hydrogens is 532 g/mol. The molecule has 43 heavy (non-hydrogen) atoms. The van der Waals surface area contributed by atoms with Gasteiger partial charge in [-0.05, 0) is 104 Å². The molecule has 1 N–H and O–H groups in total. The molecule has 0 aliphatic carbocycles. The minimum absolute atomic E-state index is 0.0823. The Balaban J connectivity index is 1.45. The third-order valence-corrected chi connectivity index (χ3v) is 8.39. The van der Waals surface area contributed by atoms with E-state index in [9.17, 15) is 9.59 Å². The van der Waals surface area contributed by atoms with E-state index in [4.69, 9.17) is 5.26 Å². The number of nitrogens with one attached hydrogen (secondary N) is 1. The molecule has 226 valence electrons. The standard InChI is InChI=1S/C37H46N4O2/c1-4-5-6-7-29-8-16-33(17-9-29)37(43)41(35-21-24-40(25-22-35)23-20-28(2)3)27-31-12-18-34(19-13-31)39-36(42)32-14-10-30(26-38)11-15-32/h8-19,28,35H,4-7,20-25,27H2,1-3H3,(H,39,42). The lowest BCUT2D eigenvalue weighted by Crippen LogP contribution is -2.47. The first-order valence-corrected chi connectivity index (χ1v) is 15.9. The number of unbranched alkanes of at least 4 members (excludes halogenated alkanes) is 2. The van der Waals surface area contributed by atoms with Gasteiger partial charge < -0.3 is 15.1 Å². The molecule has 3 aromatic carbocycles. The minimum Gasteiger partial charge on any atom is -0.331 e. The van der Waals surface area contributed by atoms with Crippen molar-refractivity contribution in [3.8, 4) is 6.07 Å². The Morgan fingerprint density at radius 3 is 2.14 bits per heavy atom. The van der Waals surface area contributed by atoms with Crippen molar-refractivity contribution in [3.63, 3.8) is 0 Å². The Labute approximate surface area is 257 Å². The van der Waals surface area contributed by atoms with Gasteiger partial charge in [-0.25, -0.2) is 0 Å². The number of hydrogen-bond donors (Lipinski definition) is 1. The maximum absolute atomic E-state index is 14.0. The van der Waals surface area contributed by atoms with Gasteiger partial charge in [-0.15, -0.1) is 0 Å². The van der Waals surface area contributed by atoms with Crippen LogP contribution in [-0.4, -0.2) is 47.3 Å². The van der Waals surface area contributed by atoms with E-state index < -0.39 is 0 Å². The molecule has 1 saturated heterocycles. The van der Waals surface area contributed by atoms with Crippen LogP contribution < -0.4 is 5.32 Å². The maximum atomic E-state index is 14.0. The molecule has 2 amide bonds. The number of rotatable bonds is 13. The highest BCUT2D eigenvalue weighted by molar-refractivity contribution is 6.04. The zero-order chi connectivity index (χ0) is 30.6. The third-order valence-electron chi connectivity index (χ3n) is 8.39. The second-order valence-corrected chi connectivity index (χ2v) is 12.2. The molecule has 4 rings (SSSR count). The summed E-state index contributed by atoms with van der Waals surface area (Å²) in [5.74, 6) is 0.549. The average molecular weight is 579 g/mol. The summed E-state index contributed by atoms with van der Waals surface area (Å²) in [6, 6.07) is 24.8. The molecule has 6 nitrogen and oxygen atoms in total. The second kappa shape index (κ2) is 16.0. The molecule has 6 heteroatoms. The number of nitrogens with zero attached hydrogens (tertiary/aromatic N) is 3. The third kappa shape index (κ3) is 9.53. The number of nitriles is 1. The highest BCUT2D eigenvalue weighted by atomic mass is 16.2. The van der Waals surface area contributed by atoms with Gasteiger partial charge in [-0.3, -0.25) is 9.59 Å². The SMILES string of the molecule is CCCCCc1ccc(C(=O)N(Cc2ccc(NC(=O)c3ccc(C#N)cc3)cc2)C2CCN(CCC(C)C)CC2)cc1. The number of amides is 2. The summed E-state index contributed by atoms with van der Waals surface area (Å²) in [5, 5.41) is 11.9. The Hall–Kier alpha value is -3.95. The predicted octanol–water partition coefficient (Wildman–Crippen LogP) is 7.70. The van der Waals surface area contributed by atoms with Crippen molar-refractivity contribution in [2.24, 2.45) is 5.92 Å². The van der Waals surface area contributed by atoms with E-state index in [1.165, 1.54) is 31.2 Å². The summed E-state index contributed by atoms with van der Waals surface area (Å²) in [6.07, 6.45) is 7.79. The number of benzene rings is 3. The van der Waals surface area contributed by atoms with Gasteiger partial charge in [0, 0.05) is 42.5 Å². The summed E-state index contributed by atoms with van der Waals surface area (Å²) in [6.45, 7) is 10.4. The first kappa shape index (κ1) is 32.0. The molecule has 3 aromatic rings. The number of carbonyl (C=O) groups is 2. The van der Waals surface area contributed by atoms with Crippen LogP contribution in [0.25, 0.3) is 0 Å². The summed E-state index contributed by atoms with van der Waals surface area (Å²) >= 11 is 0. The van der Waals surface area contributed by atoms with Crippen LogP contribution in [-0.2, 0) is 13.0 Å². The predicted molar refractivity (Wildman–Crippen MR) is 174 cm³/mol. The monoisotopic (exact) mass is 578 g/mol. The lowest BCUT2D eigenvalue weighted by Gasteiger charge is -2.39. The Bertz CT molecular complexity index is 1350. The van der Waals surface area contributed by atoms with Gasteiger partial charge in [0.1, 0.15) is 0 Å². The van der Waals surface area contributed by atoms with Crippen LogP contribution in [0.3, 0.4) is 0 Å². The summed E-state index contributed by atoms with van der Waals surface area (Å²) in [7, 11) is 0. The quantitative estimate of drug-likeness (QED) is 0.211. The maximum Gasteiger partial charge on any atom is 0.255 e. The number of carbonyl (C=O) groups excluding carboxylic acids is 2. The molecule has 0 bridgehead atoms. The molecule has 0 unspecified atom stereocenters. The van der Waals surface area contributed by atoms with E-state index in [2.05, 4.69) is 54.1 Å². The fraction of sp³-hybridized carbons (Fsp3) is 0.432. The summed E-state index contributed by atoms with van der Waals surface area (Å²) in [4.78, 5) is 31.3. The largest absolute Gasteiger partial charge is 0.331 e. The van der Waals surface area contributed by atoms with Crippen LogP contribution in [0.4, 0.5) is 5.69 Å². The van der Waals surface area contributed by atoms with Gasteiger partial charge in [-0.2, -0.15) is 5.26 Å². The fourth-order valence-corrected chi connectivity index (χ4v) is 5.61. The lowest BCUT2D eigenvalue weighted by atomic mass is 9.99. The van der Waals surface area contributed by atoms with Crippen LogP contribution in [0.5, 0.6) is 0 Å². The average Bonchev–Trinajstić information content (AvgIpc) is 3.04. The number of aryl methyl sites for hydroxylation is 1. The van der Waals surface area contributed by atoms with Crippen LogP contribution in [0, 0.1) is 17.2 Å². The topological polar surface area (TPSA) is 76.4 Å². The number of hydrogen-bond acceptors (Lipinski definition) is 4. The highest BCUT2D eigenvalue weighted by Gasteiger charge is 2.29. The van der Waals surface area contributed by atoms with Crippen LogP contribution in [0.15, 0.2) is 72.8 Å². The van der Waals surface area contributed by atoms with Gasteiger partial charge in [-0.1, -0.05) is 57.9 Å². The smallest absolute Gasteiger partial charge is 0.255 e. The van der Waals surface area contributed by atoms with Crippen molar-refractivity contribution in [3.05, 3.63) is 101 Å². The first-order chi connectivity index (χ1) is 20.9. The van der Waals surface area contributed by atoms with E-state index in [1.54, 1.807) is 24.3 Å². The van der Waals surface area contributed by atoms with Crippen molar-refractivity contribution < 1.29 is 9.59 Å². The van der Waals surface area contributed by atoms with E-state index in [0.717, 1.165) is 50.0 Å². The highest BCUT2D eigenvalue weighted by Crippen LogP contribution is 2.24. The fourth-order valence-electron chi connectivity index (χ4n) is 5.61. The van der Waals surface area contributed by atoms with Gasteiger partial charge in [0.25, 0.3) is 11.8 Å². The van der Waals surface area contributed by atoms with Crippen molar-refractivity contribution in [2.45, 2.75) is 78.3 Å². The number of piperidine rings is 1. The van der Waals surface area contributed by atoms with Crippen LogP contribution in [0.2, 0.25) is 0 Å². The van der Waals surface area contributed by atoms with E-state index >= 15 is 0 Å². The summed E-state index contributed by atoms with van der Waals surface area (Å²) in [5.41, 5.74) is 4.76. The Morgan fingerprint density at radius 1 is 0.907 bits per heavy atom. The molecule has 0 spiro atoms. The molecule has 0 saturated carbocycles. The zero-order valence-corrected chi connectivity index (χ0v) is 26.0. The number of anilines is 1. The van der Waals surface area contributed by atoms with Crippen molar-refractivity contribution >= 4 is 17.5 Å². The van der Waals surface area contributed by atoms with Crippen molar-refractivity contribution in [1.82, 2.24) is 9.80 Å². The second-order valence-electron chi connectivity index (χ2n) is 12.2. The lowest BCUT2D eigenvalue weighted by molar-refractivity contribution is 0.0546. The van der Waals surface area contributed by atoms with Gasteiger partial charge in [0.05, 0.1) is 11.6 Å². The molecule has 1 aliphatic rings. The minimum atomic E-state index is -0.226. The summed E-state index contributed by atoms with van der Waals surface area (Å²) < 4.78 is 0. The van der Waals surface area contributed by atoms with Gasteiger partial charge in [0.2, 0.25) is 0 Å². The van der Waals surface area contributed by atoms with Gasteiger partial charge in [0.15, 0.2) is 0 Å². The molecule has 1 fully saturated rings. The zero-order valence-electron chi connectivity index (χ0n) is 26.0. The van der Waals surface area contributed by atoms with E-state index in [-0.39, 0.29) is 17.9 Å². The van der Waals surface area contributed by atoms with Crippen molar-refractivity contribution in [2.75, 3.05) is 25.0 Å². The molecule has 0 aromatic heterocycles. The molecule has 0 atom stereocenters. The van der Waals surface area contributed by atoms with Crippen LogP contribution in [0.1, 0.15) is 96.7 Å². The van der Waals surface area contributed by atoms with Crippen LogP contribution >= 0.6 is 0 Å².